The van der Waals surface area contributed by atoms with Crippen molar-refractivity contribution in [1.82, 2.24) is 9.71 Å². The van der Waals surface area contributed by atoms with E-state index < -0.39 is 10.0 Å². The van der Waals surface area contributed by atoms with Gasteiger partial charge in [-0.2, -0.15) is 0 Å². The fraction of sp³-hybridized carbons (Fsp3) is 0.167. The molecular formula is C18H16ClFN2O2S2. The second-order valence-electron chi connectivity index (χ2n) is 5.64. The standard InChI is InChI=1S/C18H16ClFN2O2S2/c1-12-17(25-18(22-12)13-2-6-15(20)7-3-13)10-11-21-26(23,24)16-8-4-14(19)5-9-16/h2-9,21H,10-11H2,1H3. The van der Waals surface area contributed by atoms with Gasteiger partial charge in [-0.05, 0) is 61.9 Å². The van der Waals surface area contributed by atoms with Crippen LogP contribution in [0.5, 0.6) is 0 Å². The predicted molar refractivity (Wildman–Crippen MR) is 103 cm³/mol. The van der Waals surface area contributed by atoms with Crippen molar-refractivity contribution in [3.8, 4) is 10.6 Å². The minimum atomic E-state index is -3.58. The number of aryl methyl sites for hydroxylation is 1. The van der Waals surface area contributed by atoms with Gasteiger partial charge in [0.15, 0.2) is 0 Å². The van der Waals surface area contributed by atoms with Crippen molar-refractivity contribution in [1.29, 1.82) is 0 Å². The molecule has 0 unspecified atom stereocenters. The van der Waals surface area contributed by atoms with E-state index in [1.807, 2.05) is 6.92 Å². The van der Waals surface area contributed by atoms with E-state index in [9.17, 15) is 12.8 Å². The van der Waals surface area contributed by atoms with Gasteiger partial charge in [0.25, 0.3) is 0 Å². The maximum atomic E-state index is 13.0. The third-order valence-electron chi connectivity index (χ3n) is 3.75. The maximum absolute atomic E-state index is 13.0. The summed E-state index contributed by atoms with van der Waals surface area (Å²) in [6.45, 7) is 2.14. The molecule has 4 nitrogen and oxygen atoms in total. The summed E-state index contributed by atoms with van der Waals surface area (Å²) in [6.07, 6.45) is 0.525. The fourth-order valence-corrected chi connectivity index (χ4v) is 4.60. The highest BCUT2D eigenvalue weighted by Crippen LogP contribution is 2.28. The molecule has 8 heteroatoms. The van der Waals surface area contributed by atoms with Crippen molar-refractivity contribution in [3.63, 3.8) is 0 Å². The lowest BCUT2D eigenvalue weighted by atomic mass is 10.2. The van der Waals surface area contributed by atoms with Crippen LogP contribution in [-0.2, 0) is 16.4 Å². The highest BCUT2D eigenvalue weighted by Gasteiger charge is 2.15. The zero-order chi connectivity index (χ0) is 18.7. The second-order valence-corrected chi connectivity index (χ2v) is 8.92. The Kier molecular flexibility index (Phi) is 5.72. The predicted octanol–water partition coefficient (Wildman–Crippen LogP) is 4.43. The van der Waals surface area contributed by atoms with Crippen LogP contribution in [0.4, 0.5) is 4.39 Å². The zero-order valence-electron chi connectivity index (χ0n) is 13.9. The normalized spacial score (nSPS) is 11.7. The van der Waals surface area contributed by atoms with Crippen molar-refractivity contribution >= 4 is 33.0 Å². The van der Waals surface area contributed by atoms with Gasteiger partial charge in [-0.3, -0.25) is 0 Å². The summed E-state index contributed by atoms with van der Waals surface area (Å²) in [5, 5.41) is 1.27. The SMILES string of the molecule is Cc1nc(-c2ccc(F)cc2)sc1CCNS(=O)(=O)c1ccc(Cl)cc1. The third kappa shape index (κ3) is 4.48. The van der Waals surface area contributed by atoms with E-state index >= 15 is 0 Å². The number of nitrogens with one attached hydrogen (secondary N) is 1. The number of benzene rings is 2. The first kappa shape index (κ1) is 19.0. The molecule has 26 heavy (non-hydrogen) atoms. The van der Waals surface area contributed by atoms with Crippen molar-refractivity contribution in [2.45, 2.75) is 18.2 Å². The highest BCUT2D eigenvalue weighted by atomic mass is 35.5. The molecule has 0 spiro atoms. The van der Waals surface area contributed by atoms with Crippen LogP contribution < -0.4 is 4.72 Å². The lowest BCUT2D eigenvalue weighted by Gasteiger charge is -2.06. The lowest BCUT2D eigenvalue weighted by Crippen LogP contribution is -2.25. The summed E-state index contributed by atoms with van der Waals surface area (Å²) < 4.78 is 40.2. The van der Waals surface area contributed by atoms with Gasteiger partial charge in [0, 0.05) is 22.0 Å². The number of nitrogens with zero attached hydrogens (tertiary/aromatic N) is 1. The second kappa shape index (κ2) is 7.84. The van der Waals surface area contributed by atoms with E-state index in [1.165, 1.54) is 35.6 Å². The van der Waals surface area contributed by atoms with Crippen LogP contribution in [0.3, 0.4) is 0 Å². The summed E-state index contributed by atoms with van der Waals surface area (Å²) >= 11 is 7.26. The smallest absolute Gasteiger partial charge is 0.240 e. The fourth-order valence-electron chi connectivity index (χ4n) is 2.37. The van der Waals surface area contributed by atoms with Crippen molar-refractivity contribution < 1.29 is 12.8 Å². The van der Waals surface area contributed by atoms with Gasteiger partial charge in [0.05, 0.1) is 10.6 Å². The average molecular weight is 411 g/mol. The minimum Gasteiger partial charge on any atom is -0.241 e. The van der Waals surface area contributed by atoms with E-state index in [2.05, 4.69) is 9.71 Å². The first-order valence-electron chi connectivity index (χ1n) is 7.82. The molecule has 0 aliphatic rings. The maximum Gasteiger partial charge on any atom is 0.240 e. The quantitative estimate of drug-likeness (QED) is 0.653. The molecule has 2 aromatic carbocycles. The zero-order valence-corrected chi connectivity index (χ0v) is 16.3. The molecule has 0 saturated carbocycles. The van der Waals surface area contributed by atoms with Crippen LogP contribution in [0.2, 0.25) is 5.02 Å². The Labute approximate surface area is 160 Å². The molecule has 0 atom stereocenters. The van der Waals surface area contributed by atoms with E-state index in [4.69, 9.17) is 11.6 Å². The Bertz CT molecular complexity index is 1000. The molecule has 1 aromatic heterocycles. The van der Waals surface area contributed by atoms with Crippen LogP contribution in [-0.4, -0.2) is 19.9 Å². The molecule has 0 fully saturated rings. The van der Waals surface area contributed by atoms with Crippen molar-refractivity contribution in [2.24, 2.45) is 0 Å². The molecule has 3 aromatic rings. The van der Waals surface area contributed by atoms with Crippen LogP contribution >= 0.6 is 22.9 Å². The average Bonchev–Trinajstić information content (AvgIpc) is 2.97. The Balaban J connectivity index is 1.66. The van der Waals surface area contributed by atoms with Gasteiger partial charge in [0.2, 0.25) is 10.0 Å². The van der Waals surface area contributed by atoms with Crippen molar-refractivity contribution in [3.05, 3.63) is 69.9 Å². The summed E-state index contributed by atoms with van der Waals surface area (Å²) in [5.41, 5.74) is 1.69. The number of hydrogen-bond acceptors (Lipinski definition) is 4. The minimum absolute atomic E-state index is 0.176. The largest absolute Gasteiger partial charge is 0.241 e. The van der Waals surface area contributed by atoms with Gasteiger partial charge in [-0.1, -0.05) is 11.6 Å². The van der Waals surface area contributed by atoms with E-state index in [1.54, 1.807) is 24.3 Å². The van der Waals surface area contributed by atoms with Crippen LogP contribution in [0.15, 0.2) is 53.4 Å². The summed E-state index contributed by atoms with van der Waals surface area (Å²) in [5.74, 6) is -0.293. The van der Waals surface area contributed by atoms with E-state index in [-0.39, 0.29) is 17.3 Å². The highest BCUT2D eigenvalue weighted by molar-refractivity contribution is 7.89. The molecule has 1 N–H and O–H groups in total. The lowest BCUT2D eigenvalue weighted by molar-refractivity contribution is 0.581. The number of rotatable bonds is 6. The topological polar surface area (TPSA) is 59.1 Å². The summed E-state index contributed by atoms with van der Waals surface area (Å²) in [6, 6.07) is 12.2. The number of hydrogen-bond donors (Lipinski definition) is 1. The third-order valence-corrected chi connectivity index (χ3v) is 6.75. The van der Waals surface area contributed by atoms with Gasteiger partial charge >= 0.3 is 0 Å². The van der Waals surface area contributed by atoms with Crippen LogP contribution in [0, 0.1) is 12.7 Å². The van der Waals surface area contributed by atoms with E-state index in [0.717, 1.165) is 21.1 Å². The Morgan fingerprint density at radius 1 is 1.12 bits per heavy atom. The number of thiazole rings is 1. The summed E-state index contributed by atoms with van der Waals surface area (Å²) in [4.78, 5) is 5.66. The summed E-state index contributed by atoms with van der Waals surface area (Å²) in [7, 11) is -3.58. The molecule has 0 aliphatic heterocycles. The first-order chi connectivity index (χ1) is 12.3. The number of sulfonamides is 1. The molecule has 0 bridgehead atoms. The molecule has 0 radical (unpaired) electrons. The monoisotopic (exact) mass is 410 g/mol. The van der Waals surface area contributed by atoms with Crippen LogP contribution in [0.25, 0.3) is 10.6 Å². The van der Waals surface area contributed by atoms with Crippen molar-refractivity contribution in [2.75, 3.05) is 6.54 Å². The molecule has 0 amide bonds. The molecule has 0 saturated heterocycles. The van der Waals surface area contributed by atoms with Gasteiger partial charge in [-0.15, -0.1) is 11.3 Å². The molecule has 1 heterocycles. The Morgan fingerprint density at radius 2 is 1.77 bits per heavy atom. The van der Waals surface area contributed by atoms with Gasteiger partial charge in [-0.25, -0.2) is 22.5 Å². The van der Waals surface area contributed by atoms with Gasteiger partial charge < -0.3 is 0 Å². The Morgan fingerprint density at radius 3 is 2.42 bits per heavy atom. The molecule has 3 rings (SSSR count). The van der Waals surface area contributed by atoms with Gasteiger partial charge in [0.1, 0.15) is 10.8 Å². The molecule has 0 aliphatic carbocycles. The first-order valence-corrected chi connectivity index (χ1v) is 10.5. The number of aromatic nitrogens is 1. The molecule has 136 valence electrons. The van der Waals surface area contributed by atoms with Crippen LogP contribution in [0.1, 0.15) is 10.6 Å². The molecular weight excluding hydrogens is 395 g/mol. The Hall–Kier alpha value is -1.80. The number of halogens is 2. The van der Waals surface area contributed by atoms with E-state index in [0.29, 0.717) is 11.4 Å².